The largest absolute Gasteiger partial charge is 0.474 e. The first-order valence-corrected chi connectivity index (χ1v) is 10.0. The van der Waals surface area contributed by atoms with Gasteiger partial charge in [0.15, 0.2) is 17.7 Å². The van der Waals surface area contributed by atoms with Gasteiger partial charge in [-0.25, -0.2) is 8.78 Å². The summed E-state index contributed by atoms with van der Waals surface area (Å²) in [5, 5.41) is 3.54. The van der Waals surface area contributed by atoms with Crippen LogP contribution in [0.5, 0.6) is 5.75 Å². The van der Waals surface area contributed by atoms with Crippen LogP contribution in [0, 0.1) is 25.5 Å². The lowest BCUT2D eigenvalue weighted by molar-refractivity contribution is 0.200. The Hall–Kier alpha value is -3.08. The summed E-state index contributed by atoms with van der Waals surface area (Å²) in [4.78, 5) is 0. The molecule has 5 heteroatoms. The summed E-state index contributed by atoms with van der Waals surface area (Å²) in [6, 6.07) is 7.99. The van der Waals surface area contributed by atoms with Crippen LogP contribution in [0.4, 0.5) is 14.5 Å². The van der Waals surface area contributed by atoms with Crippen molar-refractivity contribution in [2.45, 2.75) is 46.3 Å². The molecular weight excluding hydrogens is 384 g/mol. The quantitative estimate of drug-likeness (QED) is 0.475. The fourth-order valence-corrected chi connectivity index (χ4v) is 4.64. The molecule has 0 amide bonds. The van der Waals surface area contributed by atoms with Crippen molar-refractivity contribution < 1.29 is 17.9 Å². The van der Waals surface area contributed by atoms with Crippen LogP contribution in [0.2, 0.25) is 0 Å². The zero-order chi connectivity index (χ0) is 21.4. The molecule has 3 aromatic rings. The lowest BCUT2D eigenvalue weighted by Crippen LogP contribution is -2.32. The maximum Gasteiger partial charge on any atom is 0.182 e. The average Bonchev–Trinajstić information content (AvgIpc) is 2.98. The molecule has 5 rings (SSSR count). The van der Waals surface area contributed by atoms with Crippen LogP contribution in [0.3, 0.4) is 0 Å². The second kappa shape index (κ2) is 6.21. The Morgan fingerprint density at radius 1 is 1.00 bits per heavy atom. The Bertz CT molecular complexity index is 1220. The van der Waals surface area contributed by atoms with Crippen molar-refractivity contribution >= 4 is 11.3 Å². The Labute approximate surface area is 174 Å². The molecule has 2 aliphatic heterocycles. The average molecular weight is 407 g/mol. The topological polar surface area (TPSA) is 34.4 Å². The molecule has 0 aliphatic carbocycles. The molecule has 2 aromatic carbocycles. The zero-order valence-electron chi connectivity index (χ0n) is 17.6. The first-order chi connectivity index (χ1) is 14.1. The van der Waals surface area contributed by atoms with Crippen molar-refractivity contribution in [3.05, 3.63) is 76.3 Å². The van der Waals surface area contributed by atoms with Gasteiger partial charge < -0.3 is 14.5 Å². The lowest BCUT2D eigenvalue weighted by Gasteiger charge is -2.36. The van der Waals surface area contributed by atoms with E-state index >= 15 is 0 Å². The minimum atomic E-state index is -0.718. The number of hydrogen-bond acceptors (Lipinski definition) is 3. The molecule has 154 valence electrons. The first kappa shape index (κ1) is 18.9. The number of hydrogen-bond donors (Lipinski definition) is 1. The fourth-order valence-electron chi connectivity index (χ4n) is 4.64. The van der Waals surface area contributed by atoms with E-state index in [1.807, 2.05) is 32.0 Å². The normalized spacial score (nSPS) is 18.5. The van der Waals surface area contributed by atoms with Gasteiger partial charge in [0.2, 0.25) is 0 Å². The van der Waals surface area contributed by atoms with E-state index in [1.165, 1.54) is 6.07 Å². The third-order valence-electron chi connectivity index (χ3n) is 5.91. The van der Waals surface area contributed by atoms with Crippen LogP contribution < -0.4 is 10.1 Å². The molecule has 1 aromatic heterocycles. The monoisotopic (exact) mass is 407 g/mol. The third-order valence-corrected chi connectivity index (χ3v) is 5.91. The number of anilines is 1. The van der Waals surface area contributed by atoms with Crippen molar-refractivity contribution in [2.75, 3.05) is 5.32 Å². The van der Waals surface area contributed by atoms with E-state index in [2.05, 4.69) is 32.2 Å². The van der Waals surface area contributed by atoms with Crippen LogP contribution in [-0.2, 0) is 0 Å². The molecule has 2 aliphatic rings. The predicted molar refractivity (Wildman–Crippen MR) is 114 cm³/mol. The van der Waals surface area contributed by atoms with Gasteiger partial charge in [-0.2, -0.15) is 0 Å². The number of halogens is 2. The van der Waals surface area contributed by atoms with Crippen molar-refractivity contribution in [3.63, 3.8) is 0 Å². The van der Waals surface area contributed by atoms with Crippen LogP contribution in [-0.4, -0.2) is 5.54 Å². The van der Waals surface area contributed by atoms with Gasteiger partial charge in [0.05, 0.1) is 5.54 Å². The molecule has 0 saturated heterocycles. The number of fused-ring (bicyclic) bond motifs is 5. The summed E-state index contributed by atoms with van der Waals surface area (Å²) in [5.41, 5.74) is 5.85. The number of rotatable bonds is 1. The standard InChI is InChI=1S/C25H23F2NO2/c1-12-8-20(29-14(12)3)24-22-16(17-9-15(26)10-18(27)23(17)30-24)6-7-19-21(22)13(2)11-25(4,5)28-19/h6-11,24,28H,1-5H3. The summed E-state index contributed by atoms with van der Waals surface area (Å²) in [7, 11) is 0. The molecular formula is C25H23F2NO2. The second-order valence-corrected chi connectivity index (χ2v) is 8.77. The molecule has 0 spiro atoms. The third kappa shape index (κ3) is 2.76. The maximum atomic E-state index is 14.7. The smallest absolute Gasteiger partial charge is 0.182 e. The van der Waals surface area contributed by atoms with Gasteiger partial charge in [-0.15, -0.1) is 0 Å². The fraction of sp³-hybridized carbons (Fsp3) is 0.280. The first-order valence-electron chi connectivity index (χ1n) is 10.0. The molecule has 1 unspecified atom stereocenters. The molecule has 1 N–H and O–H groups in total. The van der Waals surface area contributed by atoms with E-state index in [-0.39, 0.29) is 11.3 Å². The number of nitrogens with one attached hydrogen (secondary N) is 1. The van der Waals surface area contributed by atoms with Crippen molar-refractivity contribution in [3.8, 4) is 16.9 Å². The van der Waals surface area contributed by atoms with E-state index in [9.17, 15) is 8.78 Å². The highest BCUT2D eigenvalue weighted by Gasteiger charge is 2.37. The molecule has 30 heavy (non-hydrogen) atoms. The highest BCUT2D eigenvalue weighted by atomic mass is 19.1. The number of benzene rings is 2. The van der Waals surface area contributed by atoms with Crippen LogP contribution in [0.25, 0.3) is 16.7 Å². The maximum absolute atomic E-state index is 14.7. The molecule has 1 atom stereocenters. The molecule has 0 radical (unpaired) electrons. The van der Waals surface area contributed by atoms with Gasteiger partial charge in [-0.3, -0.25) is 0 Å². The lowest BCUT2D eigenvalue weighted by atomic mass is 9.81. The van der Waals surface area contributed by atoms with Crippen LogP contribution in [0.1, 0.15) is 55.1 Å². The second-order valence-electron chi connectivity index (χ2n) is 8.77. The Balaban J connectivity index is 1.84. The van der Waals surface area contributed by atoms with E-state index < -0.39 is 17.7 Å². The van der Waals surface area contributed by atoms with Crippen molar-refractivity contribution in [1.29, 1.82) is 0 Å². The molecule has 0 saturated carbocycles. The summed E-state index contributed by atoms with van der Waals surface area (Å²) in [5.74, 6) is 0.0906. The minimum Gasteiger partial charge on any atom is -0.474 e. The number of allylic oxidation sites excluding steroid dienone is 1. The van der Waals surface area contributed by atoms with Gasteiger partial charge >= 0.3 is 0 Å². The highest BCUT2D eigenvalue weighted by molar-refractivity contribution is 5.90. The molecule has 0 bridgehead atoms. The molecule has 3 nitrogen and oxygen atoms in total. The molecule has 0 fully saturated rings. The van der Waals surface area contributed by atoms with Gasteiger partial charge in [-0.05, 0) is 69.5 Å². The van der Waals surface area contributed by atoms with E-state index in [0.717, 1.165) is 45.3 Å². The van der Waals surface area contributed by atoms with Crippen LogP contribution in [0.15, 0.2) is 40.8 Å². The van der Waals surface area contributed by atoms with Gasteiger partial charge in [0.25, 0.3) is 0 Å². The predicted octanol–water partition coefficient (Wildman–Crippen LogP) is 6.93. The molecule has 3 heterocycles. The van der Waals surface area contributed by atoms with E-state index in [1.54, 1.807) is 0 Å². The zero-order valence-corrected chi connectivity index (χ0v) is 17.6. The van der Waals surface area contributed by atoms with Gasteiger partial charge in [0.1, 0.15) is 17.3 Å². The van der Waals surface area contributed by atoms with Crippen molar-refractivity contribution in [1.82, 2.24) is 0 Å². The van der Waals surface area contributed by atoms with Gasteiger partial charge in [-0.1, -0.05) is 12.1 Å². The summed E-state index contributed by atoms with van der Waals surface area (Å²) >= 11 is 0. The van der Waals surface area contributed by atoms with Crippen LogP contribution >= 0.6 is 0 Å². The Kier molecular flexibility index (Phi) is 3.91. The van der Waals surface area contributed by atoms with E-state index in [0.29, 0.717) is 11.3 Å². The SMILES string of the molecule is CC1=CC(C)(C)Nc2ccc3c(c21)C(c1cc(C)c(C)o1)Oc1c(F)cc(F)cc1-3. The highest BCUT2D eigenvalue weighted by Crippen LogP contribution is 2.51. The van der Waals surface area contributed by atoms with Gasteiger partial charge in [0, 0.05) is 28.4 Å². The minimum absolute atomic E-state index is 0.0475. The van der Waals surface area contributed by atoms with E-state index in [4.69, 9.17) is 9.15 Å². The summed E-state index contributed by atoms with van der Waals surface area (Å²) in [6.45, 7) is 10.1. The summed E-state index contributed by atoms with van der Waals surface area (Å²) in [6.07, 6.45) is 1.52. The number of ether oxygens (including phenoxy) is 1. The number of furan rings is 1. The van der Waals surface area contributed by atoms with Crippen molar-refractivity contribution in [2.24, 2.45) is 0 Å². The Morgan fingerprint density at radius 3 is 2.47 bits per heavy atom. The summed E-state index contributed by atoms with van der Waals surface area (Å²) < 4.78 is 41.0. The Morgan fingerprint density at radius 2 is 1.77 bits per heavy atom. The number of aryl methyl sites for hydroxylation is 2.